The van der Waals surface area contributed by atoms with Crippen LogP contribution in [0.2, 0.25) is 0 Å². The maximum Gasteiger partial charge on any atom is 0.349 e. The van der Waals surface area contributed by atoms with Gasteiger partial charge in [0.15, 0.2) is 5.82 Å². The summed E-state index contributed by atoms with van der Waals surface area (Å²) in [4.78, 5) is 30.9. The Bertz CT molecular complexity index is 1510. The molecule has 0 N–H and O–H groups in total. The van der Waals surface area contributed by atoms with Gasteiger partial charge in [0.1, 0.15) is 23.1 Å². The van der Waals surface area contributed by atoms with Gasteiger partial charge in [-0.25, -0.2) is 14.2 Å². The molecule has 194 valence electrons. The van der Waals surface area contributed by atoms with Crippen molar-refractivity contribution >= 4 is 16.9 Å². The Morgan fingerprint density at radius 3 is 2.47 bits per heavy atom. The van der Waals surface area contributed by atoms with Gasteiger partial charge in [-0.1, -0.05) is 25.1 Å². The van der Waals surface area contributed by atoms with E-state index in [0.717, 1.165) is 23.2 Å². The number of benzene rings is 1. The number of hydrogen-bond donors (Lipinski definition) is 0. The minimum absolute atomic E-state index is 0.0190. The molecule has 8 nitrogen and oxygen atoms in total. The fourth-order valence-electron chi connectivity index (χ4n) is 5.37. The molecule has 0 aliphatic carbocycles. The zero-order chi connectivity index (χ0) is 27.0. The number of nitriles is 1. The Kier molecular flexibility index (Phi) is 6.91. The van der Waals surface area contributed by atoms with Crippen molar-refractivity contribution < 1.29 is 4.39 Å². The van der Waals surface area contributed by atoms with Gasteiger partial charge in [-0.3, -0.25) is 14.5 Å². The molecule has 0 spiro atoms. The van der Waals surface area contributed by atoms with Crippen LogP contribution in [-0.2, 0) is 7.05 Å². The van der Waals surface area contributed by atoms with Gasteiger partial charge in [-0.05, 0) is 61.7 Å². The van der Waals surface area contributed by atoms with Crippen LogP contribution in [0.1, 0.15) is 48.8 Å². The Hall–Kier alpha value is -4.16. The molecule has 0 saturated carbocycles. The lowest BCUT2D eigenvalue weighted by Gasteiger charge is -2.49. The number of hydrogen-bond acceptors (Lipinski definition) is 7. The van der Waals surface area contributed by atoms with Crippen LogP contribution in [0.25, 0.3) is 11.0 Å². The monoisotopic (exact) mass is 511 g/mol. The number of aromatic nitrogens is 4. The lowest BCUT2D eigenvalue weighted by molar-refractivity contribution is 0.115. The van der Waals surface area contributed by atoms with E-state index in [-0.39, 0.29) is 35.3 Å². The molecule has 4 aromatic rings. The van der Waals surface area contributed by atoms with Gasteiger partial charge in [0.25, 0.3) is 0 Å². The summed E-state index contributed by atoms with van der Waals surface area (Å²) in [6, 6.07) is 16.2. The molecule has 1 unspecified atom stereocenters. The molecule has 1 aliphatic heterocycles. The van der Waals surface area contributed by atoms with E-state index in [2.05, 4.69) is 50.7 Å². The van der Waals surface area contributed by atoms with Crippen molar-refractivity contribution in [1.82, 2.24) is 24.4 Å². The molecular formula is C29H30FN7O. The smallest absolute Gasteiger partial charge is 0.349 e. The van der Waals surface area contributed by atoms with Crippen molar-refractivity contribution in [2.45, 2.75) is 45.3 Å². The molecule has 5 rings (SSSR count). The van der Waals surface area contributed by atoms with Crippen molar-refractivity contribution in [1.29, 1.82) is 5.26 Å². The van der Waals surface area contributed by atoms with Gasteiger partial charge in [-0.2, -0.15) is 10.2 Å². The zero-order valence-electron chi connectivity index (χ0n) is 22.0. The number of nitrogens with zero attached hydrogens (tertiary/aromatic N) is 7. The first kappa shape index (κ1) is 25.5. The fourth-order valence-corrected chi connectivity index (χ4v) is 5.37. The second-order valence-corrected chi connectivity index (χ2v) is 9.90. The number of piperazine rings is 1. The van der Waals surface area contributed by atoms with Crippen molar-refractivity contribution in [3.63, 3.8) is 0 Å². The average Bonchev–Trinajstić information content (AvgIpc) is 2.93. The largest absolute Gasteiger partial charge is 0.349 e. The first-order valence-corrected chi connectivity index (χ1v) is 12.8. The highest BCUT2D eigenvalue weighted by atomic mass is 19.1. The summed E-state index contributed by atoms with van der Waals surface area (Å²) >= 11 is 0. The van der Waals surface area contributed by atoms with Crippen LogP contribution in [0.15, 0.2) is 59.5 Å². The van der Waals surface area contributed by atoms with Crippen LogP contribution in [0.4, 0.5) is 10.2 Å². The van der Waals surface area contributed by atoms with E-state index in [4.69, 9.17) is 0 Å². The second kappa shape index (κ2) is 10.3. The molecule has 38 heavy (non-hydrogen) atoms. The summed E-state index contributed by atoms with van der Waals surface area (Å²) in [5.41, 5.74) is 4.06. The molecule has 1 aromatic carbocycles. The van der Waals surface area contributed by atoms with E-state index in [9.17, 15) is 14.4 Å². The fraction of sp³-hybridized carbons (Fsp3) is 0.345. The summed E-state index contributed by atoms with van der Waals surface area (Å²) < 4.78 is 15.3. The van der Waals surface area contributed by atoms with E-state index >= 15 is 0 Å². The summed E-state index contributed by atoms with van der Waals surface area (Å²) in [6.45, 7) is 7.49. The van der Waals surface area contributed by atoms with Gasteiger partial charge in [0.2, 0.25) is 0 Å². The zero-order valence-corrected chi connectivity index (χ0v) is 22.0. The molecule has 1 saturated heterocycles. The van der Waals surface area contributed by atoms with Crippen LogP contribution in [0.3, 0.4) is 0 Å². The van der Waals surface area contributed by atoms with Crippen LogP contribution in [0.5, 0.6) is 0 Å². The minimum Gasteiger partial charge on any atom is -0.349 e. The highest BCUT2D eigenvalue weighted by Gasteiger charge is 2.37. The maximum atomic E-state index is 13.8. The third kappa shape index (κ3) is 4.63. The number of pyridine rings is 2. The molecule has 0 amide bonds. The molecule has 4 heterocycles. The molecule has 3 atom stereocenters. The van der Waals surface area contributed by atoms with Gasteiger partial charge in [0.05, 0.1) is 11.6 Å². The first-order chi connectivity index (χ1) is 18.3. The van der Waals surface area contributed by atoms with Gasteiger partial charge >= 0.3 is 5.69 Å². The lowest BCUT2D eigenvalue weighted by atomic mass is 9.93. The average molecular weight is 512 g/mol. The quantitative estimate of drug-likeness (QED) is 0.398. The highest BCUT2D eigenvalue weighted by molar-refractivity contribution is 5.86. The van der Waals surface area contributed by atoms with Crippen LogP contribution < -0.4 is 10.6 Å². The van der Waals surface area contributed by atoms with E-state index < -0.39 is 0 Å². The summed E-state index contributed by atoms with van der Waals surface area (Å²) in [5, 5.41) is 9.45. The molecule has 0 bridgehead atoms. The van der Waals surface area contributed by atoms with Crippen molar-refractivity contribution in [2.75, 3.05) is 18.0 Å². The maximum absolute atomic E-state index is 13.8. The third-order valence-electron chi connectivity index (χ3n) is 7.44. The third-order valence-corrected chi connectivity index (χ3v) is 7.44. The molecule has 3 aromatic heterocycles. The Morgan fingerprint density at radius 2 is 1.82 bits per heavy atom. The molecule has 1 fully saturated rings. The van der Waals surface area contributed by atoms with Crippen LogP contribution in [-0.4, -0.2) is 49.6 Å². The predicted octanol–water partition coefficient (Wildman–Crippen LogP) is 4.12. The van der Waals surface area contributed by atoms with Crippen molar-refractivity contribution in [3.05, 3.63) is 93.5 Å². The predicted molar refractivity (Wildman–Crippen MR) is 144 cm³/mol. The van der Waals surface area contributed by atoms with Crippen molar-refractivity contribution in [2.24, 2.45) is 7.05 Å². The van der Waals surface area contributed by atoms with E-state index in [1.165, 1.54) is 16.7 Å². The van der Waals surface area contributed by atoms with Gasteiger partial charge < -0.3 is 4.90 Å². The van der Waals surface area contributed by atoms with Crippen LogP contribution in [0, 0.1) is 24.1 Å². The number of rotatable bonds is 5. The topological polar surface area (TPSA) is 90.9 Å². The normalized spacial score (nSPS) is 18.9. The van der Waals surface area contributed by atoms with Crippen molar-refractivity contribution in [3.8, 4) is 6.07 Å². The number of halogens is 1. The van der Waals surface area contributed by atoms with Gasteiger partial charge in [0, 0.05) is 44.1 Å². The second-order valence-electron chi connectivity index (χ2n) is 9.90. The van der Waals surface area contributed by atoms with Gasteiger partial charge in [-0.15, -0.1) is 0 Å². The van der Waals surface area contributed by atoms with Crippen LogP contribution >= 0.6 is 0 Å². The SMILES string of the molecule is CC[C@@H]1CN(c2nc(=O)n(C)c3ccc(C#N)nc23)[C@@H](C)CN1C(c1ccc(F)cc1)c1ccc(C)nc1. The number of anilines is 1. The molecule has 1 aliphatic rings. The Morgan fingerprint density at radius 1 is 1.08 bits per heavy atom. The Balaban J connectivity index is 1.58. The van der Waals surface area contributed by atoms with E-state index in [1.54, 1.807) is 19.2 Å². The minimum atomic E-state index is -0.364. The summed E-state index contributed by atoms with van der Waals surface area (Å²) in [5.74, 6) is 0.230. The van der Waals surface area contributed by atoms with E-state index in [0.29, 0.717) is 29.9 Å². The summed E-state index contributed by atoms with van der Waals surface area (Å²) in [7, 11) is 1.66. The molecule has 0 radical (unpaired) electrons. The molecule has 9 heteroatoms. The summed E-state index contributed by atoms with van der Waals surface area (Å²) in [6.07, 6.45) is 2.75. The lowest BCUT2D eigenvalue weighted by Crippen LogP contribution is -2.58. The van der Waals surface area contributed by atoms with E-state index in [1.807, 2.05) is 31.3 Å². The number of aryl methyl sites for hydroxylation is 2. The first-order valence-electron chi connectivity index (χ1n) is 12.8. The standard InChI is InChI=1S/C29H30FN7O/c1-5-24-17-36(28-26-25(35(4)29(38)34-28)13-12-23(14-31)33-26)19(3)16-37(24)27(20-8-10-22(30)11-9-20)21-7-6-18(2)32-15-21/h6-13,15,19,24,27H,5,16-17H2,1-4H3/t19-,24+,27?/m0/s1. The molecular weight excluding hydrogens is 481 g/mol. The Labute approximate surface area is 221 Å². The number of fused-ring (bicyclic) bond motifs is 1. The highest BCUT2D eigenvalue weighted by Crippen LogP contribution is 2.36.